The molecule has 1 aromatic carbocycles. The number of hydrogen-bond acceptors (Lipinski definition) is 5. The van der Waals surface area contributed by atoms with Crippen LogP contribution < -0.4 is 0 Å². The van der Waals surface area contributed by atoms with Gasteiger partial charge in [0.1, 0.15) is 22.9 Å². The largest absolute Gasteiger partial charge is 0.327 e. The first-order chi connectivity index (χ1) is 13.2. The molecule has 0 aliphatic heterocycles. The molecule has 5 rings (SSSR count). The van der Waals surface area contributed by atoms with Crippen LogP contribution in [0.5, 0.6) is 0 Å². The van der Waals surface area contributed by atoms with Gasteiger partial charge in [-0.1, -0.05) is 18.2 Å². The van der Waals surface area contributed by atoms with E-state index in [1.807, 2.05) is 19.1 Å². The Balaban J connectivity index is 1.67. The van der Waals surface area contributed by atoms with Crippen molar-refractivity contribution in [3.63, 3.8) is 0 Å². The third-order valence-corrected chi connectivity index (χ3v) is 4.35. The molecule has 0 fully saturated rings. The zero-order valence-corrected chi connectivity index (χ0v) is 14.4. The standard InChI is InChI=1S/C19H14FN7/c1-11-23-15-9-22-18(25-17(15)24-11)16-13-6-4-8-21-19(13)27(26-16)10-12-5-2-3-7-14(12)20/h2-9H,10H2,1H3,(H,22,23,24,25). The van der Waals surface area contributed by atoms with Crippen molar-refractivity contribution >= 4 is 22.2 Å². The molecule has 4 aromatic heterocycles. The molecule has 0 aliphatic rings. The number of benzene rings is 1. The molecular weight excluding hydrogens is 345 g/mol. The quantitative estimate of drug-likeness (QED) is 0.534. The highest BCUT2D eigenvalue weighted by molar-refractivity contribution is 5.90. The van der Waals surface area contributed by atoms with E-state index in [0.717, 1.165) is 11.2 Å². The fourth-order valence-electron chi connectivity index (χ4n) is 3.12. The van der Waals surface area contributed by atoms with Crippen LogP contribution in [0.4, 0.5) is 4.39 Å². The average molecular weight is 359 g/mol. The van der Waals surface area contributed by atoms with Crippen LogP contribution in [0.15, 0.2) is 48.8 Å². The van der Waals surface area contributed by atoms with Crippen LogP contribution >= 0.6 is 0 Å². The van der Waals surface area contributed by atoms with E-state index in [4.69, 9.17) is 0 Å². The first-order valence-electron chi connectivity index (χ1n) is 8.44. The molecule has 0 saturated carbocycles. The van der Waals surface area contributed by atoms with Crippen LogP contribution in [-0.4, -0.2) is 34.7 Å². The average Bonchev–Trinajstić information content (AvgIpc) is 3.23. The molecule has 0 aliphatic carbocycles. The predicted octanol–water partition coefficient (Wildman–Crippen LogP) is 3.26. The summed E-state index contributed by atoms with van der Waals surface area (Å²) in [6.07, 6.45) is 3.35. The Bertz CT molecular complexity index is 1290. The smallest absolute Gasteiger partial charge is 0.182 e. The van der Waals surface area contributed by atoms with Gasteiger partial charge in [-0.05, 0) is 25.1 Å². The lowest BCUT2D eigenvalue weighted by atomic mass is 10.2. The number of aromatic amines is 1. The fraction of sp³-hybridized carbons (Fsp3) is 0.105. The summed E-state index contributed by atoms with van der Waals surface area (Å²) in [5, 5.41) is 5.45. The monoisotopic (exact) mass is 359 g/mol. The second-order valence-electron chi connectivity index (χ2n) is 6.22. The molecule has 0 spiro atoms. The summed E-state index contributed by atoms with van der Waals surface area (Å²) in [7, 11) is 0. The molecule has 4 heterocycles. The molecule has 0 saturated heterocycles. The van der Waals surface area contributed by atoms with Crippen molar-refractivity contribution in [3.8, 4) is 11.5 Å². The van der Waals surface area contributed by atoms with Gasteiger partial charge in [0.15, 0.2) is 17.1 Å². The number of H-pyrrole nitrogens is 1. The zero-order chi connectivity index (χ0) is 18.4. The molecule has 0 bridgehead atoms. The molecular formula is C19H14FN7. The summed E-state index contributed by atoms with van der Waals surface area (Å²) in [5.74, 6) is 0.966. The van der Waals surface area contributed by atoms with E-state index in [-0.39, 0.29) is 12.4 Å². The molecule has 132 valence electrons. The van der Waals surface area contributed by atoms with Gasteiger partial charge in [-0.25, -0.2) is 29.0 Å². The minimum Gasteiger partial charge on any atom is -0.327 e. The fourth-order valence-corrected chi connectivity index (χ4v) is 3.12. The second-order valence-corrected chi connectivity index (χ2v) is 6.22. The number of aryl methyl sites for hydroxylation is 1. The highest BCUT2D eigenvalue weighted by Crippen LogP contribution is 2.26. The van der Waals surface area contributed by atoms with Gasteiger partial charge in [-0.15, -0.1) is 0 Å². The van der Waals surface area contributed by atoms with Crippen LogP contribution in [0, 0.1) is 12.7 Å². The summed E-state index contributed by atoms with van der Waals surface area (Å²) in [4.78, 5) is 20.8. The second kappa shape index (κ2) is 5.94. The summed E-state index contributed by atoms with van der Waals surface area (Å²) in [5.41, 5.74) is 3.14. The van der Waals surface area contributed by atoms with E-state index < -0.39 is 0 Å². The number of nitrogens with zero attached hydrogens (tertiary/aromatic N) is 6. The number of halogens is 1. The number of hydrogen-bond donors (Lipinski definition) is 1. The number of fused-ring (bicyclic) bond motifs is 2. The maximum Gasteiger partial charge on any atom is 0.182 e. The van der Waals surface area contributed by atoms with E-state index in [9.17, 15) is 4.39 Å². The summed E-state index contributed by atoms with van der Waals surface area (Å²) < 4.78 is 15.8. The van der Waals surface area contributed by atoms with Crippen molar-refractivity contribution in [2.45, 2.75) is 13.5 Å². The zero-order valence-electron chi connectivity index (χ0n) is 14.4. The normalized spacial score (nSPS) is 11.5. The first-order valence-corrected chi connectivity index (χ1v) is 8.44. The van der Waals surface area contributed by atoms with Gasteiger partial charge >= 0.3 is 0 Å². The van der Waals surface area contributed by atoms with Crippen LogP contribution in [0.3, 0.4) is 0 Å². The van der Waals surface area contributed by atoms with Gasteiger partial charge in [-0.2, -0.15) is 5.10 Å². The molecule has 0 atom stereocenters. The molecule has 0 unspecified atom stereocenters. The minimum absolute atomic E-state index is 0.269. The van der Waals surface area contributed by atoms with Crippen LogP contribution in [0.25, 0.3) is 33.7 Å². The van der Waals surface area contributed by atoms with Crippen molar-refractivity contribution in [1.82, 2.24) is 34.7 Å². The minimum atomic E-state index is -0.274. The third-order valence-electron chi connectivity index (χ3n) is 4.35. The van der Waals surface area contributed by atoms with Crippen LogP contribution in [0.2, 0.25) is 0 Å². The van der Waals surface area contributed by atoms with Gasteiger partial charge in [0.2, 0.25) is 0 Å². The number of rotatable bonds is 3. The Labute approximate surface area is 152 Å². The number of nitrogens with one attached hydrogen (secondary N) is 1. The topological polar surface area (TPSA) is 85.2 Å². The maximum atomic E-state index is 14.1. The molecule has 0 amide bonds. The van der Waals surface area contributed by atoms with Gasteiger partial charge < -0.3 is 4.98 Å². The Morgan fingerprint density at radius 3 is 2.85 bits per heavy atom. The highest BCUT2D eigenvalue weighted by Gasteiger charge is 2.17. The lowest BCUT2D eigenvalue weighted by Gasteiger charge is -2.04. The number of pyridine rings is 1. The van der Waals surface area contributed by atoms with E-state index in [2.05, 4.69) is 30.0 Å². The van der Waals surface area contributed by atoms with E-state index >= 15 is 0 Å². The molecule has 1 N–H and O–H groups in total. The van der Waals surface area contributed by atoms with E-state index in [1.54, 1.807) is 35.3 Å². The van der Waals surface area contributed by atoms with Gasteiger partial charge in [0.05, 0.1) is 18.1 Å². The molecule has 5 aromatic rings. The third kappa shape index (κ3) is 2.62. The molecule has 27 heavy (non-hydrogen) atoms. The Morgan fingerprint density at radius 1 is 1.07 bits per heavy atom. The van der Waals surface area contributed by atoms with Crippen molar-refractivity contribution in [2.24, 2.45) is 0 Å². The first kappa shape index (κ1) is 15.6. The Morgan fingerprint density at radius 2 is 1.96 bits per heavy atom. The molecule has 8 heteroatoms. The van der Waals surface area contributed by atoms with Crippen molar-refractivity contribution in [2.75, 3.05) is 0 Å². The van der Waals surface area contributed by atoms with Gasteiger partial charge in [0.25, 0.3) is 0 Å². The SMILES string of the molecule is Cc1nc2cnc(-c3nn(Cc4ccccc4F)c4ncccc34)nc2[nH]1. The molecule has 0 radical (unpaired) electrons. The predicted molar refractivity (Wildman–Crippen MR) is 98.4 cm³/mol. The maximum absolute atomic E-state index is 14.1. The Kier molecular flexibility index (Phi) is 3.43. The van der Waals surface area contributed by atoms with Crippen molar-refractivity contribution in [1.29, 1.82) is 0 Å². The van der Waals surface area contributed by atoms with Crippen LogP contribution in [0.1, 0.15) is 11.4 Å². The lowest BCUT2D eigenvalue weighted by molar-refractivity contribution is 0.589. The van der Waals surface area contributed by atoms with Gasteiger partial charge in [0, 0.05) is 11.8 Å². The number of imidazole rings is 1. The van der Waals surface area contributed by atoms with Crippen molar-refractivity contribution in [3.05, 3.63) is 66.0 Å². The van der Waals surface area contributed by atoms with E-state index in [0.29, 0.717) is 33.9 Å². The summed E-state index contributed by atoms with van der Waals surface area (Å²) in [6.45, 7) is 2.13. The molecule has 7 nitrogen and oxygen atoms in total. The number of aromatic nitrogens is 7. The van der Waals surface area contributed by atoms with Crippen LogP contribution in [-0.2, 0) is 6.54 Å². The highest BCUT2D eigenvalue weighted by atomic mass is 19.1. The van der Waals surface area contributed by atoms with Crippen molar-refractivity contribution < 1.29 is 4.39 Å². The lowest BCUT2D eigenvalue weighted by Crippen LogP contribution is -2.04. The van der Waals surface area contributed by atoms with E-state index in [1.165, 1.54) is 6.07 Å². The van der Waals surface area contributed by atoms with Gasteiger partial charge in [-0.3, -0.25) is 0 Å². The Hall–Kier alpha value is -3.68. The summed E-state index contributed by atoms with van der Waals surface area (Å²) in [6, 6.07) is 10.4. The summed E-state index contributed by atoms with van der Waals surface area (Å²) >= 11 is 0.